The molecule has 1 aromatic carbocycles. The summed E-state index contributed by atoms with van der Waals surface area (Å²) < 4.78 is 1.97. The zero-order valence-corrected chi connectivity index (χ0v) is 15.0. The molecule has 2 aromatic rings. The fraction of sp³-hybridized carbons (Fsp3) is 0.381. The smallest absolute Gasteiger partial charge is 0.253 e. The number of amides is 2. The minimum Gasteiger partial charge on any atom is -0.339 e. The molecule has 2 amide bonds. The molecule has 134 valence electrons. The Morgan fingerprint density at radius 1 is 1.15 bits per heavy atom. The van der Waals surface area contributed by atoms with Gasteiger partial charge >= 0.3 is 0 Å². The third-order valence-electron chi connectivity index (χ3n) is 5.11. The number of rotatable bonds is 4. The molecule has 1 saturated carbocycles. The summed E-state index contributed by atoms with van der Waals surface area (Å²) in [7, 11) is 0. The molecule has 0 unspecified atom stereocenters. The highest BCUT2D eigenvalue weighted by Gasteiger charge is 2.41. The number of hydrogen-bond donors (Lipinski definition) is 0. The Morgan fingerprint density at radius 2 is 1.92 bits per heavy atom. The monoisotopic (exact) mass is 349 g/mol. The van der Waals surface area contributed by atoms with E-state index in [-0.39, 0.29) is 17.7 Å². The van der Waals surface area contributed by atoms with Crippen LogP contribution in [0.15, 0.2) is 53.7 Å². The molecule has 0 bridgehead atoms. The molecule has 0 N–H and O–H groups in total. The van der Waals surface area contributed by atoms with Gasteiger partial charge in [-0.1, -0.05) is 35.9 Å². The van der Waals surface area contributed by atoms with Crippen molar-refractivity contribution in [2.24, 2.45) is 10.9 Å². The van der Waals surface area contributed by atoms with E-state index in [1.807, 2.05) is 33.9 Å². The second-order valence-electron chi connectivity index (χ2n) is 7.30. The standard InChI is InChI=1S/C21H23N3O2/c1-15-5-7-16(8-6-15)13-23-11-3-2-4-19(23)22-21(26)17-12-20(25)24(14-17)18-9-10-18/h2-8,11,17-18H,9-10,12-14H2,1H3/t17-/m1/s1. The van der Waals surface area contributed by atoms with Crippen LogP contribution in [0.5, 0.6) is 0 Å². The lowest BCUT2D eigenvalue weighted by atomic mass is 10.1. The van der Waals surface area contributed by atoms with Crippen LogP contribution < -0.4 is 5.49 Å². The van der Waals surface area contributed by atoms with Crippen molar-refractivity contribution in [3.05, 3.63) is 65.3 Å². The topological polar surface area (TPSA) is 54.7 Å². The molecule has 5 heteroatoms. The van der Waals surface area contributed by atoms with E-state index in [1.165, 1.54) is 5.56 Å². The first kappa shape index (κ1) is 16.8. The van der Waals surface area contributed by atoms with Crippen LogP contribution in [0.2, 0.25) is 0 Å². The molecule has 0 radical (unpaired) electrons. The minimum atomic E-state index is -0.309. The lowest BCUT2D eigenvalue weighted by Crippen LogP contribution is -2.29. The highest BCUT2D eigenvalue weighted by atomic mass is 16.2. The maximum atomic E-state index is 12.6. The number of carbonyl (C=O) groups excluding carboxylic acids is 2. The van der Waals surface area contributed by atoms with Gasteiger partial charge in [-0.2, -0.15) is 4.99 Å². The van der Waals surface area contributed by atoms with Gasteiger partial charge in [0.1, 0.15) is 5.49 Å². The summed E-state index contributed by atoms with van der Waals surface area (Å²) in [4.78, 5) is 30.9. The Bertz CT molecular complexity index is 894. The Morgan fingerprint density at radius 3 is 2.65 bits per heavy atom. The second kappa shape index (κ2) is 6.90. The predicted molar refractivity (Wildman–Crippen MR) is 98.1 cm³/mol. The average molecular weight is 349 g/mol. The fourth-order valence-electron chi connectivity index (χ4n) is 3.43. The van der Waals surface area contributed by atoms with Crippen molar-refractivity contribution in [2.45, 2.75) is 38.8 Å². The SMILES string of the molecule is Cc1ccc(Cn2ccccc2=NC(=O)[C@@H]2CC(=O)N(C3CC3)C2)cc1. The van der Waals surface area contributed by atoms with Crippen molar-refractivity contribution in [3.63, 3.8) is 0 Å². The van der Waals surface area contributed by atoms with Crippen LogP contribution in [0, 0.1) is 12.8 Å². The first-order valence-corrected chi connectivity index (χ1v) is 9.19. The number of hydrogen-bond acceptors (Lipinski definition) is 2. The summed E-state index contributed by atoms with van der Waals surface area (Å²) in [5.74, 6) is -0.400. The summed E-state index contributed by atoms with van der Waals surface area (Å²) in [6.07, 6.45) is 4.37. The van der Waals surface area contributed by atoms with E-state index in [0.717, 1.165) is 18.4 Å². The van der Waals surface area contributed by atoms with E-state index in [0.29, 0.717) is 31.0 Å². The molecule has 0 spiro atoms. The highest BCUT2D eigenvalue weighted by Crippen LogP contribution is 2.32. The Balaban J connectivity index is 1.54. The van der Waals surface area contributed by atoms with Crippen LogP contribution in [0.1, 0.15) is 30.4 Å². The zero-order valence-electron chi connectivity index (χ0n) is 15.0. The average Bonchev–Trinajstić information content (AvgIpc) is 3.40. The first-order chi connectivity index (χ1) is 12.6. The maximum Gasteiger partial charge on any atom is 0.253 e. The van der Waals surface area contributed by atoms with Crippen LogP contribution >= 0.6 is 0 Å². The molecule has 5 nitrogen and oxygen atoms in total. The Labute approximate surface area is 153 Å². The highest BCUT2D eigenvalue weighted by molar-refractivity contribution is 5.89. The molecule has 1 atom stereocenters. The summed E-state index contributed by atoms with van der Waals surface area (Å²) in [5.41, 5.74) is 3.01. The quantitative estimate of drug-likeness (QED) is 0.850. The third-order valence-corrected chi connectivity index (χ3v) is 5.11. The van der Waals surface area contributed by atoms with Crippen LogP contribution in [-0.4, -0.2) is 33.9 Å². The fourth-order valence-corrected chi connectivity index (χ4v) is 3.43. The Hall–Kier alpha value is -2.69. The van der Waals surface area contributed by atoms with Gasteiger partial charge in [0.2, 0.25) is 5.91 Å². The largest absolute Gasteiger partial charge is 0.339 e. The van der Waals surface area contributed by atoms with Gasteiger partial charge in [0.15, 0.2) is 0 Å². The molecule has 1 aliphatic carbocycles. The molecular weight excluding hydrogens is 326 g/mol. The number of carbonyl (C=O) groups is 2. The van der Waals surface area contributed by atoms with E-state index >= 15 is 0 Å². The summed E-state index contributed by atoms with van der Waals surface area (Å²) >= 11 is 0. The normalized spacial score (nSPS) is 20.7. The molecular formula is C21H23N3O2. The van der Waals surface area contributed by atoms with Gasteiger partial charge in [0, 0.05) is 31.7 Å². The van der Waals surface area contributed by atoms with E-state index in [2.05, 4.69) is 36.2 Å². The van der Waals surface area contributed by atoms with Gasteiger partial charge in [-0.15, -0.1) is 0 Å². The summed E-state index contributed by atoms with van der Waals surface area (Å²) in [5, 5.41) is 0. The van der Waals surface area contributed by atoms with Gasteiger partial charge in [0.25, 0.3) is 5.91 Å². The van der Waals surface area contributed by atoms with Crippen molar-refractivity contribution in [2.75, 3.05) is 6.54 Å². The van der Waals surface area contributed by atoms with Gasteiger partial charge in [0.05, 0.1) is 5.92 Å². The van der Waals surface area contributed by atoms with E-state index < -0.39 is 0 Å². The second-order valence-corrected chi connectivity index (χ2v) is 7.30. The lowest BCUT2D eigenvalue weighted by molar-refractivity contribution is -0.128. The van der Waals surface area contributed by atoms with Crippen molar-refractivity contribution in [1.29, 1.82) is 0 Å². The summed E-state index contributed by atoms with van der Waals surface area (Å²) in [6, 6.07) is 14.4. The van der Waals surface area contributed by atoms with Gasteiger partial charge in [-0.05, 0) is 37.5 Å². The van der Waals surface area contributed by atoms with Crippen molar-refractivity contribution in [3.8, 4) is 0 Å². The Kier molecular flexibility index (Phi) is 4.45. The summed E-state index contributed by atoms with van der Waals surface area (Å²) in [6.45, 7) is 3.24. The van der Waals surface area contributed by atoms with Crippen molar-refractivity contribution >= 4 is 11.8 Å². The zero-order chi connectivity index (χ0) is 18.1. The predicted octanol–water partition coefficient (Wildman–Crippen LogP) is 2.28. The maximum absolute atomic E-state index is 12.6. The molecule has 26 heavy (non-hydrogen) atoms. The lowest BCUT2D eigenvalue weighted by Gasteiger charge is -2.14. The molecule has 1 aromatic heterocycles. The number of aryl methyl sites for hydroxylation is 1. The number of likely N-dealkylation sites (tertiary alicyclic amines) is 1. The van der Waals surface area contributed by atoms with Gasteiger partial charge in [-0.3, -0.25) is 9.59 Å². The van der Waals surface area contributed by atoms with Crippen molar-refractivity contribution < 1.29 is 9.59 Å². The number of aromatic nitrogens is 1. The van der Waals surface area contributed by atoms with E-state index in [9.17, 15) is 9.59 Å². The van der Waals surface area contributed by atoms with Gasteiger partial charge < -0.3 is 9.47 Å². The molecule has 2 fully saturated rings. The molecule has 1 saturated heterocycles. The minimum absolute atomic E-state index is 0.0987. The number of benzene rings is 1. The molecule has 2 aliphatic rings. The molecule has 2 heterocycles. The third kappa shape index (κ3) is 3.62. The number of nitrogens with zero attached hydrogens (tertiary/aromatic N) is 3. The number of pyridine rings is 1. The van der Waals surface area contributed by atoms with E-state index in [4.69, 9.17) is 0 Å². The van der Waals surface area contributed by atoms with Crippen molar-refractivity contribution in [1.82, 2.24) is 9.47 Å². The van der Waals surface area contributed by atoms with Gasteiger partial charge in [-0.25, -0.2) is 0 Å². The van der Waals surface area contributed by atoms with E-state index in [1.54, 1.807) is 0 Å². The van der Waals surface area contributed by atoms with Crippen LogP contribution in [-0.2, 0) is 16.1 Å². The van der Waals surface area contributed by atoms with Crippen LogP contribution in [0.4, 0.5) is 0 Å². The molecule has 4 rings (SSSR count). The van der Waals surface area contributed by atoms with Crippen LogP contribution in [0.3, 0.4) is 0 Å². The first-order valence-electron chi connectivity index (χ1n) is 9.19. The molecule has 1 aliphatic heterocycles. The van der Waals surface area contributed by atoms with Crippen LogP contribution in [0.25, 0.3) is 0 Å².